The van der Waals surface area contributed by atoms with Crippen LogP contribution in [0.15, 0.2) is 72.8 Å². The first-order valence-electron chi connectivity index (χ1n) is 12.3. The van der Waals surface area contributed by atoms with E-state index in [9.17, 15) is 9.18 Å². The number of carbonyl (C=O) groups is 1. The van der Waals surface area contributed by atoms with Crippen LogP contribution in [0.1, 0.15) is 56.7 Å². The minimum absolute atomic E-state index is 0.192. The summed E-state index contributed by atoms with van der Waals surface area (Å²) in [5.41, 5.74) is 6.69. The molecule has 4 heteroatoms. The lowest BCUT2D eigenvalue weighted by molar-refractivity contribution is -0.143. The normalized spacial score (nSPS) is 14.5. The Labute approximate surface area is 207 Å². The predicted molar refractivity (Wildman–Crippen MR) is 139 cm³/mol. The average molecular weight is 473 g/mol. The standard InChI is InChI=1S/C31H33FO3/c1-4-34-30(33)18-9-22-7-15-27(16-8-22)35-21-25-20-26(32)14-17-28(25)23-10-12-24(13-11-23)29-6-5-19-31(29,2)3/h6-8,10-17,20H,4-5,9,18-19,21H2,1-3H3. The minimum atomic E-state index is -0.281. The van der Waals surface area contributed by atoms with Crippen molar-refractivity contribution in [2.45, 2.75) is 53.1 Å². The molecule has 3 aromatic rings. The van der Waals surface area contributed by atoms with E-state index < -0.39 is 0 Å². The Balaban J connectivity index is 1.44. The number of hydrogen-bond donors (Lipinski definition) is 0. The second kappa shape index (κ2) is 10.9. The Morgan fingerprint density at radius 1 is 0.971 bits per heavy atom. The SMILES string of the molecule is CCOC(=O)CCc1ccc(OCc2cc(F)ccc2-c2ccc(C3=CCCC3(C)C)cc2)cc1. The summed E-state index contributed by atoms with van der Waals surface area (Å²) in [6.45, 7) is 7.05. The second-order valence-electron chi connectivity index (χ2n) is 9.66. The van der Waals surface area contributed by atoms with Crippen LogP contribution in [-0.2, 0) is 22.6 Å². The Hall–Kier alpha value is -3.40. The monoisotopic (exact) mass is 472 g/mol. The van der Waals surface area contributed by atoms with Crippen molar-refractivity contribution in [1.29, 1.82) is 0 Å². The molecule has 0 saturated heterocycles. The highest BCUT2D eigenvalue weighted by atomic mass is 19.1. The zero-order valence-electron chi connectivity index (χ0n) is 20.8. The lowest BCUT2D eigenvalue weighted by Crippen LogP contribution is -2.08. The van der Waals surface area contributed by atoms with Crippen LogP contribution in [0.25, 0.3) is 16.7 Å². The van der Waals surface area contributed by atoms with E-state index in [0.717, 1.165) is 28.7 Å². The molecule has 0 saturated carbocycles. The Bertz CT molecular complexity index is 1190. The third-order valence-corrected chi connectivity index (χ3v) is 6.66. The van der Waals surface area contributed by atoms with Crippen LogP contribution >= 0.6 is 0 Å². The lowest BCUT2D eigenvalue weighted by atomic mass is 9.82. The van der Waals surface area contributed by atoms with E-state index >= 15 is 0 Å². The molecule has 0 fully saturated rings. The number of carbonyl (C=O) groups excluding carboxylic acids is 1. The quantitative estimate of drug-likeness (QED) is 0.298. The molecule has 35 heavy (non-hydrogen) atoms. The maximum absolute atomic E-state index is 14.1. The van der Waals surface area contributed by atoms with Crippen molar-refractivity contribution in [3.05, 3.63) is 95.3 Å². The van der Waals surface area contributed by atoms with Gasteiger partial charge < -0.3 is 9.47 Å². The Morgan fingerprint density at radius 2 is 1.69 bits per heavy atom. The molecule has 1 aliphatic carbocycles. The van der Waals surface area contributed by atoms with Gasteiger partial charge in [-0.05, 0) is 89.3 Å². The summed E-state index contributed by atoms with van der Waals surface area (Å²) in [5.74, 6) is 0.227. The molecular weight excluding hydrogens is 439 g/mol. The van der Waals surface area contributed by atoms with Gasteiger partial charge in [-0.25, -0.2) is 4.39 Å². The van der Waals surface area contributed by atoms with E-state index in [2.05, 4.69) is 44.2 Å². The number of rotatable bonds is 9. The largest absolute Gasteiger partial charge is 0.489 e. The minimum Gasteiger partial charge on any atom is -0.489 e. The first-order chi connectivity index (χ1) is 16.9. The van der Waals surface area contributed by atoms with Crippen molar-refractivity contribution < 1.29 is 18.7 Å². The fourth-order valence-corrected chi connectivity index (χ4v) is 4.68. The third-order valence-electron chi connectivity index (χ3n) is 6.66. The number of allylic oxidation sites excluding steroid dienone is 2. The molecular formula is C31H33FO3. The molecule has 0 heterocycles. The van der Waals surface area contributed by atoms with E-state index in [4.69, 9.17) is 9.47 Å². The molecule has 0 radical (unpaired) electrons. The smallest absolute Gasteiger partial charge is 0.306 e. The molecule has 1 aliphatic rings. The first kappa shape index (κ1) is 24.7. The van der Waals surface area contributed by atoms with Gasteiger partial charge >= 0.3 is 5.97 Å². The van der Waals surface area contributed by atoms with Crippen LogP contribution in [0.4, 0.5) is 4.39 Å². The number of hydrogen-bond acceptors (Lipinski definition) is 3. The van der Waals surface area contributed by atoms with Crippen molar-refractivity contribution in [1.82, 2.24) is 0 Å². The van der Waals surface area contributed by atoms with E-state index in [1.54, 1.807) is 13.0 Å². The van der Waals surface area contributed by atoms with Gasteiger partial charge in [-0.3, -0.25) is 4.79 Å². The lowest BCUT2D eigenvalue weighted by Gasteiger charge is -2.23. The number of ether oxygens (including phenoxy) is 2. The van der Waals surface area contributed by atoms with Crippen LogP contribution in [0, 0.1) is 11.2 Å². The molecule has 182 valence electrons. The van der Waals surface area contributed by atoms with E-state index in [1.165, 1.54) is 23.6 Å². The molecule has 3 aromatic carbocycles. The third kappa shape index (κ3) is 6.19. The van der Waals surface area contributed by atoms with Gasteiger partial charge in [-0.15, -0.1) is 0 Å². The number of benzene rings is 3. The van der Waals surface area contributed by atoms with Crippen LogP contribution in [-0.4, -0.2) is 12.6 Å². The van der Waals surface area contributed by atoms with Crippen molar-refractivity contribution in [3.63, 3.8) is 0 Å². The van der Waals surface area contributed by atoms with Gasteiger partial charge in [0.2, 0.25) is 0 Å². The molecule has 0 bridgehead atoms. The molecule has 0 unspecified atom stereocenters. The van der Waals surface area contributed by atoms with Crippen LogP contribution in [0.3, 0.4) is 0 Å². The summed E-state index contributed by atoms with van der Waals surface area (Å²) < 4.78 is 25.1. The van der Waals surface area contributed by atoms with Gasteiger partial charge in [-0.1, -0.05) is 62.4 Å². The van der Waals surface area contributed by atoms with E-state index in [0.29, 0.717) is 25.2 Å². The van der Waals surface area contributed by atoms with Gasteiger partial charge in [0, 0.05) is 6.42 Å². The van der Waals surface area contributed by atoms with Gasteiger partial charge in [0.15, 0.2) is 0 Å². The summed E-state index contributed by atoms with van der Waals surface area (Å²) in [5, 5.41) is 0. The summed E-state index contributed by atoms with van der Waals surface area (Å²) in [6, 6.07) is 21.1. The van der Waals surface area contributed by atoms with Gasteiger partial charge in [-0.2, -0.15) is 0 Å². The maximum Gasteiger partial charge on any atom is 0.306 e. The van der Waals surface area contributed by atoms with Crippen LogP contribution < -0.4 is 4.74 Å². The molecule has 4 rings (SSSR count). The van der Waals surface area contributed by atoms with Crippen molar-refractivity contribution in [2.75, 3.05) is 6.61 Å². The topological polar surface area (TPSA) is 35.5 Å². The van der Waals surface area contributed by atoms with Crippen LogP contribution in [0.5, 0.6) is 5.75 Å². The Morgan fingerprint density at radius 3 is 2.34 bits per heavy atom. The van der Waals surface area contributed by atoms with Crippen molar-refractivity contribution in [2.24, 2.45) is 5.41 Å². The van der Waals surface area contributed by atoms with E-state index in [1.807, 2.05) is 30.3 Å². The van der Waals surface area contributed by atoms with Crippen LogP contribution in [0.2, 0.25) is 0 Å². The predicted octanol–water partition coefficient (Wildman–Crippen LogP) is 7.77. The maximum atomic E-state index is 14.1. The zero-order chi connectivity index (χ0) is 24.8. The molecule has 0 atom stereocenters. The fraction of sp³-hybridized carbons (Fsp3) is 0.323. The number of aryl methyl sites for hydroxylation is 1. The van der Waals surface area contributed by atoms with E-state index in [-0.39, 0.29) is 23.8 Å². The Kier molecular flexibility index (Phi) is 7.70. The number of halogens is 1. The summed E-state index contributed by atoms with van der Waals surface area (Å²) in [6.07, 6.45) is 5.62. The fourth-order valence-electron chi connectivity index (χ4n) is 4.68. The van der Waals surface area contributed by atoms with Crippen molar-refractivity contribution in [3.8, 4) is 16.9 Å². The molecule has 0 aromatic heterocycles. The van der Waals surface area contributed by atoms with Gasteiger partial charge in [0.1, 0.15) is 18.2 Å². The highest BCUT2D eigenvalue weighted by molar-refractivity contribution is 5.75. The van der Waals surface area contributed by atoms with Crippen molar-refractivity contribution >= 4 is 11.5 Å². The molecule has 0 N–H and O–H groups in total. The highest BCUT2D eigenvalue weighted by Crippen LogP contribution is 2.44. The number of esters is 1. The second-order valence-corrected chi connectivity index (χ2v) is 9.66. The summed E-state index contributed by atoms with van der Waals surface area (Å²) >= 11 is 0. The molecule has 3 nitrogen and oxygen atoms in total. The summed E-state index contributed by atoms with van der Waals surface area (Å²) in [4.78, 5) is 11.6. The average Bonchev–Trinajstić information content (AvgIpc) is 3.21. The molecule has 0 spiro atoms. The molecule has 0 amide bonds. The van der Waals surface area contributed by atoms with Gasteiger partial charge in [0.25, 0.3) is 0 Å². The zero-order valence-corrected chi connectivity index (χ0v) is 20.8. The molecule has 0 aliphatic heterocycles. The first-order valence-corrected chi connectivity index (χ1v) is 12.3. The van der Waals surface area contributed by atoms with Gasteiger partial charge in [0.05, 0.1) is 6.61 Å². The highest BCUT2D eigenvalue weighted by Gasteiger charge is 2.28. The summed E-state index contributed by atoms with van der Waals surface area (Å²) in [7, 11) is 0.